The minimum Gasteiger partial charge on any atom is -0.379 e. The summed E-state index contributed by atoms with van der Waals surface area (Å²) in [7, 11) is -1.30. The number of alkyl halides is 6. The van der Waals surface area contributed by atoms with Crippen molar-refractivity contribution in [2.45, 2.75) is 59.9 Å². The van der Waals surface area contributed by atoms with Gasteiger partial charge in [0.15, 0.2) is 0 Å². The molecule has 220 valence electrons. The van der Waals surface area contributed by atoms with Gasteiger partial charge in [0.05, 0.1) is 23.4 Å². The lowest BCUT2D eigenvalue weighted by Gasteiger charge is -2.33. The SMILES string of the molecule is O=C(Nc1ccc(S(=O)C2CCN(Cc3ccc(C(O)(C(F)(F)F)C(F)(F)F)cc3)CC2)cc1)NC1CCOC1. The molecule has 0 aliphatic carbocycles. The average molecular weight is 594 g/mol. The molecule has 2 fully saturated rings. The number of carbonyl (C=O) groups excluding carboxylic acids is 1. The molecule has 2 atom stereocenters. The third-order valence-corrected chi connectivity index (χ3v) is 8.86. The topological polar surface area (TPSA) is 90.9 Å². The first-order chi connectivity index (χ1) is 18.8. The second kappa shape index (κ2) is 12.0. The van der Waals surface area contributed by atoms with Gasteiger partial charge in [-0.15, -0.1) is 0 Å². The van der Waals surface area contributed by atoms with E-state index < -0.39 is 34.3 Å². The van der Waals surface area contributed by atoms with Gasteiger partial charge in [0.25, 0.3) is 5.60 Å². The summed E-state index contributed by atoms with van der Waals surface area (Å²) in [5, 5.41) is 15.0. The lowest BCUT2D eigenvalue weighted by atomic mass is 9.91. The van der Waals surface area contributed by atoms with Crippen molar-refractivity contribution in [3.63, 3.8) is 0 Å². The highest BCUT2D eigenvalue weighted by molar-refractivity contribution is 7.85. The van der Waals surface area contributed by atoms with E-state index in [0.717, 1.165) is 18.6 Å². The smallest absolute Gasteiger partial charge is 0.379 e. The van der Waals surface area contributed by atoms with Gasteiger partial charge in [0, 0.05) is 34.5 Å². The first kappa shape index (κ1) is 30.3. The van der Waals surface area contributed by atoms with Crippen LogP contribution in [0, 0.1) is 0 Å². The van der Waals surface area contributed by atoms with E-state index in [1.807, 2.05) is 4.90 Å². The summed E-state index contributed by atoms with van der Waals surface area (Å²) in [6, 6.07) is 9.93. The molecule has 2 aliphatic rings. The number of halogens is 6. The summed E-state index contributed by atoms with van der Waals surface area (Å²) in [4.78, 5) is 14.7. The highest BCUT2D eigenvalue weighted by Crippen LogP contribution is 2.50. The second-order valence-corrected chi connectivity index (χ2v) is 11.6. The molecule has 3 N–H and O–H groups in total. The molecule has 7 nitrogen and oxygen atoms in total. The predicted octanol–water partition coefficient (Wildman–Crippen LogP) is 4.68. The maximum absolute atomic E-state index is 13.1. The number of hydrogen-bond donors (Lipinski definition) is 3. The Morgan fingerprint density at radius 3 is 2.08 bits per heavy atom. The Hall–Kier alpha value is -2.68. The Morgan fingerprint density at radius 1 is 0.950 bits per heavy atom. The van der Waals surface area contributed by atoms with Crippen LogP contribution in [0.3, 0.4) is 0 Å². The maximum Gasteiger partial charge on any atom is 0.430 e. The average Bonchev–Trinajstić information content (AvgIpc) is 3.41. The lowest BCUT2D eigenvalue weighted by molar-refractivity contribution is -0.376. The van der Waals surface area contributed by atoms with Gasteiger partial charge in [-0.05, 0) is 62.2 Å². The summed E-state index contributed by atoms with van der Waals surface area (Å²) in [5.74, 6) is 0. The molecule has 40 heavy (non-hydrogen) atoms. The molecule has 2 aromatic rings. The molecule has 0 radical (unpaired) electrons. The highest BCUT2D eigenvalue weighted by Gasteiger charge is 2.71. The normalized spacial score (nSPS) is 20.3. The van der Waals surface area contributed by atoms with Crippen LogP contribution < -0.4 is 10.6 Å². The van der Waals surface area contributed by atoms with Gasteiger partial charge in [-0.25, -0.2) is 4.79 Å². The Labute approximate surface area is 229 Å². The Balaban J connectivity index is 1.28. The molecular formula is C26H29F6N3O4S. The predicted molar refractivity (Wildman–Crippen MR) is 135 cm³/mol. The molecule has 4 rings (SSSR count). The molecule has 2 unspecified atom stereocenters. The van der Waals surface area contributed by atoms with Crippen LogP contribution in [0.25, 0.3) is 0 Å². The number of aliphatic hydroxyl groups is 1. The number of likely N-dealkylation sites (tertiary alicyclic amines) is 1. The minimum atomic E-state index is -5.93. The van der Waals surface area contributed by atoms with Crippen LogP contribution in [0.5, 0.6) is 0 Å². The zero-order valence-electron chi connectivity index (χ0n) is 21.2. The molecule has 0 bridgehead atoms. The number of hydrogen-bond acceptors (Lipinski definition) is 5. The van der Waals surface area contributed by atoms with Crippen molar-refractivity contribution in [1.29, 1.82) is 0 Å². The number of nitrogens with zero attached hydrogens (tertiary/aromatic N) is 1. The standard InChI is InChI=1S/C26H29F6N3O4S/c27-25(28,29)24(37,26(30,31)32)18-3-1-17(2-4-18)15-35-12-9-22(10-13-35)40(38)21-7-5-19(6-8-21)33-23(36)34-20-11-14-39-16-20/h1-8,20,22,37H,9-16H2,(H2,33,34,36). The van der Waals surface area contributed by atoms with E-state index in [0.29, 0.717) is 67.4 Å². The van der Waals surface area contributed by atoms with E-state index in [1.165, 1.54) is 0 Å². The van der Waals surface area contributed by atoms with Gasteiger partial charge in [-0.3, -0.25) is 9.11 Å². The third kappa shape index (κ3) is 6.78. The van der Waals surface area contributed by atoms with Gasteiger partial charge in [0.2, 0.25) is 0 Å². The zero-order valence-corrected chi connectivity index (χ0v) is 22.0. The van der Waals surface area contributed by atoms with Crippen LogP contribution in [0.2, 0.25) is 0 Å². The van der Waals surface area contributed by atoms with Gasteiger partial charge in [0.1, 0.15) is 0 Å². The maximum atomic E-state index is 13.1. The molecule has 2 saturated heterocycles. The highest BCUT2D eigenvalue weighted by atomic mass is 32.2. The van der Waals surface area contributed by atoms with E-state index in [1.54, 1.807) is 24.3 Å². The summed E-state index contributed by atoms with van der Waals surface area (Å²) in [6.07, 6.45) is -9.94. The number of anilines is 1. The molecular weight excluding hydrogens is 564 g/mol. The minimum absolute atomic E-state index is 0.0270. The van der Waals surface area contributed by atoms with E-state index >= 15 is 0 Å². The fourth-order valence-electron chi connectivity index (χ4n) is 4.74. The third-order valence-electron chi connectivity index (χ3n) is 7.05. The molecule has 2 aromatic carbocycles. The Kier molecular flexibility index (Phi) is 9.12. The molecule has 14 heteroatoms. The summed E-state index contributed by atoms with van der Waals surface area (Å²) in [6.45, 7) is 2.45. The number of ether oxygens (including phenoxy) is 1. The van der Waals surface area contributed by atoms with Crippen molar-refractivity contribution in [2.75, 3.05) is 31.6 Å². The van der Waals surface area contributed by atoms with Crippen LogP contribution >= 0.6 is 0 Å². The van der Waals surface area contributed by atoms with E-state index in [-0.39, 0.29) is 23.9 Å². The molecule has 0 saturated carbocycles. The van der Waals surface area contributed by atoms with Crippen molar-refractivity contribution in [1.82, 2.24) is 10.2 Å². The van der Waals surface area contributed by atoms with Crippen LogP contribution in [0.4, 0.5) is 36.8 Å². The van der Waals surface area contributed by atoms with Gasteiger partial charge in [-0.2, -0.15) is 26.3 Å². The van der Waals surface area contributed by atoms with Gasteiger partial charge in [-0.1, -0.05) is 24.3 Å². The number of benzene rings is 2. The number of nitrogens with one attached hydrogen (secondary N) is 2. The Morgan fingerprint density at radius 2 is 1.55 bits per heavy atom. The lowest BCUT2D eigenvalue weighted by Crippen LogP contribution is -2.53. The number of urea groups is 1. The van der Waals surface area contributed by atoms with Crippen molar-refractivity contribution < 1.29 is 45.2 Å². The summed E-state index contributed by atoms with van der Waals surface area (Å²) < 4.78 is 96.9. The van der Waals surface area contributed by atoms with E-state index in [2.05, 4.69) is 10.6 Å². The molecule has 2 amide bonds. The van der Waals surface area contributed by atoms with Crippen molar-refractivity contribution in [3.05, 3.63) is 59.7 Å². The van der Waals surface area contributed by atoms with E-state index in [9.17, 15) is 40.5 Å². The zero-order chi connectivity index (χ0) is 29.1. The van der Waals surface area contributed by atoms with Crippen LogP contribution in [0.1, 0.15) is 30.4 Å². The fraction of sp³-hybridized carbons (Fsp3) is 0.500. The monoisotopic (exact) mass is 593 g/mol. The van der Waals surface area contributed by atoms with Crippen LogP contribution in [-0.2, 0) is 27.7 Å². The molecule has 2 aliphatic heterocycles. The van der Waals surface area contributed by atoms with Gasteiger partial charge >= 0.3 is 18.4 Å². The number of piperidine rings is 1. The molecule has 2 heterocycles. The summed E-state index contributed by atoms with van der Waals surface area (Å²) in [5.41, 5.74) is -5.20. The quantitative estimate of drug-likeness (QED) is 0.406. The largest absolute Gasteiger partial charge is 0.430 e. The number of carbonyl (C=O) groups is 1. The van der Waals surface area contributed by atoms with Crippen molar-refractivity contribution in [2.24, 2.45) is 0 Å². The van der Waals surface area contributed by atoms with Crippen LogP contribution in [0.15, 0.2) is 53.4 Å². The number of amides is 2. The molecule has 0 aromatic heterocycles. The summed E-state index contributed by atoms with van der Waals surface area (Å²) >= 11 is 0. The first-order valence-electron chi connectivity index (χ1n) is 12.6. The van der Waals surface area contributed by atoms with Crippen molar-refractivity contribution >= 4 is 22.5 Å². The fourth-order valence-corrected chi connectivity index (χ4v) is 6.17. The second-order valence-electron chi connectivity index (χ2n) is 9.86. The van der Waals surface area contributed by atoms with Crippen molar-refractivity contribution in [3.8, 4) is 0 Å². The molecule has 0 spiro atoms. The first-order valence-corrected chi connectivity index (χ1v) is 13.8. The Bertz CT molecular complexity index is 1160. The van der Waals surface area contributed by atoms with Gasteiger partial charge < -0.3 is 20.5 Å². The number of rotatable bonds is 7. The van der Waals surface area contributed by atoms with E-state index in [4.69, 9.17) is 4.74 Å². The van der Waals surface area contributed by atoms with Crippen LogP contribution in [-0.4, -0.2) is 70.2 Å².